The molecular formula is C21H30F2N4O. The highest BCUT2D eigenvalue weighted by Gasteiger charge is 2.39. The predicted octanol–water partition coefficient (Wildman–Crippen LogP) is 2.70. The molecule has 0 spiro atoms. The van der Waals surface area contributed by atoms with Gasteiger partial charge in [-0.05, 0) is 56.9 Å². The number of hydrazine groups is 1. The minimum Gasteiger partial charge on any atom is -0.371 e. The molecule has 1 fully saturated rings. The van der Waals surface area contributed by atoms with Gasteiger partial charge in [-0.1, -0.05) is 0 Å². The van der Waals surface area contributed by atoms with Gasteiger partial charge in [0.2, 0.25) is 0 Å². The second-order valence-corrected chi connectivity index (χ2v) is 8.43. The van der Waals surface area contributed by atoms with Gasteiger partial charge in [0.05, 0.1) is 12.6 Å². The zero-order chi connectivity index (χ0) is 19.8. The Morgan fingerprint density at radius 3 is 2.82 bits per heavy atom. The Bertz CT molecular complexity index is 754. The molecule has 3 heterocycles. The monoisotopic (exact) mass is 392 g/mol. The molecule has 1 aromatic rings. The van der Waals surface area contributed by atoms with E-state index in [0.717, 1.165) is 38.2 Å². The highest BCUT2D eigenvalue weighted by Crippen LogP contribution is 2.36. The molecule has 3 aliphatic heterocycles. The minimum atomic E-state index is -0.589. The lowest BCUT2D eigenvalue weighted by Gasteiger charge is -2.40. The molecule has 4 rings (SSSR count). The average molecular weight is 392 g/mol. The number of hydrogen-bond donors (Lipinski definition) is 2. The van der Waals surface area contributed by atoms with Crippen LogP contribution >= 0.6 is 0 Å². The molecule has 28 heavy (non-hydrogen) atoms. The highest BCUT2D eigenvalue weighted by atomic mass is 19.1. The first kappa shape index (κ1) is 19.8. The Morgan fingerprint density at radius 1 is 1.25 bits per heavy atom. The number of rotatable bonds is 4. The summed E-state index contributed by atoms with van der Waals surface area (Å²) in [7, 11) is 0. The Hall–Kier alpha value is -1.54. The summed E-state index contributed by atoms with van der Waals surface area (Å²) in [5.74, 6) is 4.84. The normalized spacial score (nSPS) is 28.9. The molecule has 3 N–H and O–H groups in total. The van der Waals surface area contributed by atoms with Crippen molar-refractivity contribution in [3.05, 3.63) is 46.7 Å². The van der Waals surface area contributed by atoms with Crippen molar-refractivity contribution < 1.29 is 13.5 Å². The number of nitrogens with two attached hydrogens (primary N) is 1. The van der Waals surface area contributed by atoms with E-state index in [-0.39, 0.29) is 17.6 Å². The molecule has 1 saturated heterocycles. The standard InChI is InChI=1S/C21H30F2N4O/c1-13(2)27-7-3-4-14-10-26(11-20(14)27)16-9-19(25-24)21(28-12-16)17-8-15(22)5-6-18(17)23/h5-6,8,13,16,19,21,25H,3-4,7,9-12,24H2,1-2H3/t16-,19+,21-/m1/s1. The lowest BCUT2D eigenvalue weighted by Crippen LogP contribution is -2.52. The number of benzene rings is 1. The van der Waals surface area contributed by atoms with Crippen LogP contribution in [-0.2, 0) is 4.74 Å². The number of halogens is 2. The Balaban J connectivity index is 1.46. The largest absolute Gasteiger partial charge is 0.371 e. The number of hydrogen-bond acceptors (Lipinski definition) is 5. The Kier molecular flexibility index (Phi) is 5.69. The summed E-state index contributed by atoms with van der Waals surface area (Å²) in [4.78, 5) is 4.97. The Morgan fingerprint density at radius 2 is 2.07 bits per heavy atom. The van der Waals surface area contributed by atoms with Crippen molar-refractivity contribution >= 4 is 0 Å². The summed E-state index contributed by atoms with van der Waals surface area (Å²) >= 11 is 0. The molecule has 154 valence electrons. The fourth-order valence-corrected chi connectivity index (χ4v) is 4.90. The first-order valence-electron chi connectivity index (χ1n) is 10.2. The summed E-state index contributed by atoms with van der Waals surface area (Å²) < 4.78 is 33.9. The van der Waals surface area contributed by atoms with E-state index in [0.29, 0.717) is 12.6 Å². The van der Waals surface area contributed by atoms with Crippen LogP contribution in [0.25, 0.3) is 0 Å². The van der Waals surface area contributed by atoms with E-state index >= 15 is 0 Å². The molecule has 0 aromatic heterocycles. The van der Waals surface area contributed by atoms with Crippen molar-refractivity contribution in [2.75, 3.05) is 26.2 Å². The topological polar surface area (TPSA) is 53.8 Å². The van der Waals surface area contributed by atoms with Gasteiger partial charge in [-0.2, -0.15) is 0 Å². The van der Waals surface area contributed by atoms with Gasteiger partial charge in [-0.15, -0.1) is 0 Å². The second kappa shape index (κ2) is 8.06. The van der Waals surface area contributed by atoms with E-state index in [1.54, 1.807) is 0 Å². The highest BCUT2D eigenvalue weighted by molar-refractivity contribution is 5.27. The van der Waals surface area contributed by atoms with Crippen molar-refractivity contribution in [1.29, 1.82) is 0 Å². The minimum absolute atomic E-state index is 0.202. The molecular weight excluding hydrogens is 362 g/mol. The molecule has 5 nitrogen and oxygen atoms in total. The van der Waals surface area contributed by atoms with E-state index in [4.69, 9.17) is 10.6 Å². The molecule has 0 saturated carbocycles. The van der Waals surface area contributed by atoms with E-state index in [9.17, 15) is 8.78 Å². The van der Waals surface area contributed by atoms with E-state index < -0.39 is 17.7 Å². The van der Waals surface area contributed by atoms with Crippen molar-refractivity contribution in [1.82, 2.24) is 15.2 Å². The lowest BCUT2D eigenvalue weighted by molar-refractivity contribution is -0.0558. The lowest BCUT2D eigenvalue weighted by atomic mass is 9.93. The first-order chi connectivity index (χ1) is 13.5. The maximum Gasteiger partial charge on any atom is 0.129 e. The molecule has 3 aliphatic rings. The maximum absolute atomic E-state index is 14.2. The first-order valence-corrected chi connectivity index (χ1v) is 10.2. The fraction of sp³-hybridized carbons (Fsp3) is 0.619. The van der Waals surface area contributed by atoms with E-state index in [1.807, 2.05) is 0 Å². The van der Waals surface area contributed by atoms with Gasteiger partial charge in [0, 0.05) is 43.0 Å². The van der Waals surface area contributed by atoms with Crippen LogP contribution in [-0.4, -0.2) is 54.2 Å². The van der Waals surface area contributed by atoms with Crippen molar-refractivity contribution in [3.63, 3.8) is 0 Å². The summed E-state index contributed by atoms with van der Waals surface area (Å²) in [5, 5.41) is 0. The van der Waals surface area contributed by atoms with Gasteiger partial charge in [-0.3, -0.25) is 16.2 Å². The van der Waals surface area contributed by atoms with Crippen molar-refractivity contribution in [2.24, 2.45) is 5.84 Å². The van der Waals surface area contributed by atoms with Gasteiger partial charge in [0.25, 0.3) is 0 Å². The van der Waals surface area contributed by atoms with Crippen LogP contribution in [0.4, 0.5) is 8.78 Å². The van der Waals surface area contributed by atoms with Crippen LogP contribution in [0.2, 0.25) is 0 Å². The molecule has 7 heteroatoms. The molecule has 0 amide bonds. The summed E-state index contributed by atoms with van der Waals surface area (Å²) in [6.45, 7) is 7.99. The van der Waals surface area contributed by atoms with Gasteiger partial charge in [-0.25, -0.2) is 8.78 Å². The average Bonchev–Trinajstić information content (AvgIpc) is 3.13. The molecule has 0 bridgehead atoms. The van der Waals surface area contributed by atoms with Gasteiger partial charge < -0.3 is 9.64 Å². The molecule has 0 unspecified atom stereocenters. The fourth-order valence-electron chi connectivity index (χ4n) is 4.90. The van der Waals surface area contributed by atoms with Crippen LogP contribution in [0.1, 0.15) is 44.8 Å². The van der Waals surface area contributed by atoms with Crippen LogP contribution in [0.5, 0.6) is 0 Å². The Labute approximate surface area is 165 Å². The zero-order valence-corrected chi connectivity index (χ0v) is 16.6. The third kappa shape index (κ3) is 3.68. The quantitative estimate of drug-likeness (QED) is 0.610. The predicted molar refractivity (Wildman–Crippen MR) is 104 cm³/mol. The molecule has 1 aromatic carbocycles. The van der Waals surface area contributed by atoms with Crippen LogP contribution < -0.4 is 11.3 Å². The summed E-state index contributed by atoms with van der Waals surface area (Å²) in [5.41, 5.74) is 6.01. The maximum atomic E-state index is 14.2. The van der Waals surface area contributed by atoms with Crippen molar-refractivity contribution in [3.8, 4) is 0 Å². The second-order valence-electron chi connectivity index (χ2n) is 8.43. The van der Waals surface area contributed by atoms with Crippen LogP contribution in [0, 0.1) is 11.6 Å². The third-order valence-corrected chi connectivity index (χ3v) is 6.36. The SMILES string of the molecule is CC(C)N1CCCC2=C1CN([C@H]1CO[C@H](c3cc(F)ccc3F)[C@@H](NN)C1)C2. The molecule has 0 aliphatic carbocycles. The van der Waals surface area contributed by atoms with E-state index in [1.165, 1.54) is 30.2 Å². The van der Waals surface area contributed by atoms with Gasteiger partial charge in [0.15, 0.2) is 0 Å². The smallest absolute Gasteiger partial charge is 0.129 e. The summed E-state index contributed by atoms with van der Waals surface area (Å²) in [6, 6.07) is 3.92. The van der Waals surface area contributed by atoms with Crippen molar-refractivity contribution in [2.45, 2.75) is 57.3 Å². The number of nitrogens with one attached hydrogen (secondary N) is 1. The summed E-state index contributed by atoms with van der Waals surface area (Å²) in [6.07, 6.45) is 2.52. The van der Waals surface area contributed by atoms with Crippen LogP contribution in [0.3, 0.4) is 0 Å². The van der Waals surface area contributed by atoms with E-state index in [2.05, 4.69) is 29.1 Å². The van der Waals surface area contributed by atoms with Crippen LogP contribution in [0.15, 0.2) is 29.5 Å². The number of nitrogens with zero attached hydrogens (tertiary/aromatic N) is 2. The molecule has 0 radical (unpaired) electrons. The van der Waals surface area contributed by atoms with Gasteiger partial charge >= 0.3 is 0 Å². The number of ether oxygens (including phenoxy) is 1. The molecule has 3 atom stereocenters. The third-order valence-electron chi connectivity index (χ3n) is 6.36. The van der Waals surface area contributed by atoms with Gasteiger partial charge in [0.1, 0.15) is 17.7 Å². The zero-order valence-electron chi connectivity index (χ0n) is 16.6.